The minimum absolute atomic E-state index is 0.0572. The maximum Gasteiger partial charge on any atom is 0.318 e. The molecule has 0 heterocycles. The molecule has 0 aromatic rings. The van der Waals surface area contributed by atoms with E-state index in [9.17, 15) is 4.79 Å². The second kappa shape index (κ2) is 6.56. The third-order valence-corrected chi connectivity index (χ3v) is 3.14. The molecule has 1 aliphatic carbocycles. The summed E-state index contributed by atoms with van der Waals surface area (Å²) in [4.78, 5) is 13.8. The van der Waals surface area contributed by atoms with Crippen LogP contribution in [0, 0.1) is 0 Å². The Morgan fingerprint density at radius 3 is 2.56 bits per heavy atom. The number of carbonyl (C=O) groups excluding carboxylic acids is 1. The van der Waals surface area contributed by atoms with Gasteiger partial charge in [0.1, 0.15) is 0 Å². The molecule has 0 saturated heterocycles. The lowest BCUT2D eigenvalue weighted by atomic mass is 9.96. The highest BCUT2D eigenvalue weighted by molar-refractivity contribution is 5.75. The maximum absolute atomic E-state index is 12.0. The molecule has 1 N–H and O–H groups in total. The van der Waals surface area contributed by atoms with Crippen molar-refractivity contribution in [3.63, 3.8) is 0 Å². The number of hydrogen-bond acceptors (Lipinski definition) is 1. The van der Waals surface area contributed by atoms with Gasteiger partial charge in [0.15, 0.2) is 0 Å². The predicted octanol–water partition coefficient (Wildman–Crippen LogP) is 2.93. The van der Waals surface area contributed by atoms with Crippen LogP contribution >= 0.6 is 0 Å². The molecule has 1 aliphatic rings. The summed E-state index contributed by atoms with van der Waals surface area (Å²) in [6.45, 7) is 8.38. The molecule has 0 aliphatic heterocycles. The van der Waals surface area contributed by atoms with Crippen LogP contribution in [-0.4, -0.2) is 29.6 Å². The van der Waals surface area contributed by atoms with E-state index in [0.29, 0.717) is 12.6 Å². The minimum atomic E-state index is 0.0572. The van der Waals surface area contributed by atoms with Gasteiger partial charge in [0, 0.05) is 18.6 Å². The van der Waals surface area contributed by atoms with Crippen LogP contribution in [0.2, 0.25) is 0 Å². The summed E-state index contributed by atoms with van der Waals surface area (Å²) in [6, 6.07) is 0.663. The third-order valence-electron chi connectivity index (χ3n) is 3.14. The van der Waals surface area contributed by atoms with E-state index in [2.05, 4.69) is 11.9 Å². The molecule has 0 aromatic carbocycles. The van der Waals surface area contributed by atoms with Gasteiger partial charge in [-0.2, -0.15) is 0 Å². The van der Waals surface area contributed by atoms with Gasteiger partial charge < -0.3 is 10.2 Å². The Morgan fingerprint density at radius 1 is 1.44 bits per heavy atom. The van der Waals surface area contributed by atoms with Crippen LogP contribution in [0.15, 0.2) is 12.7 Å². The number of amides is 2. The van der Waals surface area contributed by atoms with E-state index in [1.807, 2.05) is 18.7 Å². The topological polar surface area (TPSA) is 32.3 Å². The summed E-state index contributed by atoms with van der Waals surface area (Å²) >= 11 is 0. The molecule has 0 radical (unpaired) electrons. The molecule has 0 spiro atoms. The van der Waals surface area contributed by atoms with Gasteiger partial charge in [0.05, 0.1) is 0 Å². The summed E-state index contributed by atoms with van der Waals surface area (Å²) < 4.78 is 0. The Balaban J connectivity index is 2.43. The number of rotatable bonds is 4. The summed E-state index contributed by atoms with van der Waals surface area (Å²) in [5.74, 6) is 0. The molecule has 2 amide bonds. The summed E-state index contributed by atoms with van der Waals surface area (Å²) in [5, 5.41) is 3.12. The second-order valence-corrected chi connectivity index (χ2v) is 4.82. The zero-order chi connectivity index (χ0) is 12.0. The molecule has 3 heteroatoms. The molecule has 1 fully saturated rings. The van der Waals surface area contributed by atoms with Crippen molar-refractivity contribution in [3.8, 4) is 0 Å². The van der Waals surface area contributed by atoms with E-state index < -0.39 is 0 Å². The van der Waals surface area contributed by atoms with Crippen molar-refractivity contribution in [1.29, 1.82) is 0 Å². The highest BCUT2D eigenvalue weighted by Gasteiger charge is 2.20. The van der Waals surface area contributed by atoms with Crippen molar-refractivity contribution in [2.75, 3.05) is 6.54 Å². The molecule has 0 unspecified atom stereocenters. The molecule has 16 heavy (non-hydrogen) atoms. The lowest BCUT2D eigenvalue weighted by Gasteiger charge is -2.30. The van der Waals surface area contributed by atoms with Gasteiger partial charge in [-0.1, -0.05) is 25.3 Å². The van der Waals surface area contributed by atoms with Crippen molar-refractivity contribution in [3.05, 3.63) is 12.7 Å². The molecule has 0 aromatic heterocycles. The van der Waals surface area contributed by atoms with Crippen LogP contribution in [0.5, 0.6) is 0 Å². The SMILES string of the molecule is C=CCN(C(=O)NC1CCCCC1)C(C)C. The van der Waals surface area contributed by atoms with Crippen molar-refractivity contribution < 1.29 is 4.79 Å². The fraction of sp³-hybridized carbons (Fsp3) is 0.769. The van der Waals surface area contributed by atoms with Crippen molar-refractivity contribution >= 4 is 6.03 Å². The Morgan fingerprint density at radius 2 is 2.06 bits per heavy atom. The standard InChI is InChI=1S/C13H24N2O/c1-4-10-15(11(2)3)13(16)14-12-8-6-5-7-9-12/h4,11-12H,1,5-10H2,2-3H3,(H,14,16). The van der Waals surface area contributed by atoms with E-state index in [1.54, 1.807) is 6.08 Å². The smallest absolute Gasteiger partial charge is 0.318 e. The molecule has 0 atom stereocenters. The number of carbonyl (C=O) groups is 1. The van der Waals surface area contributed by atoms with Crippen LogP contribution in [0.25, 0.3) is 0 Å². The number of urea groups is 1. The number of hydrogen-bond donors (Lipinski definition) is 1. The summed E-state index contributed by atoms with van der Waals surface area (Å²) in [5.41, 5.74) is 0. The highest BCUT2D eigenvalue weighted by atomic mass is 16.2. The van der Waals surface area contributed by atoms with E-state index >= 15 is 0 Å². The number of nitrogens with one attached hydrogen (secondary N) is 1. The first-order valence-corrected chi connectivity index (χ1v) is 6.33. The first kappa shape index (κ1) is 13.1. The third kappa shape index (κ3) is 3.87. The summed E-state index contributed by atoms with van der Waals surface area (Å²) in [7, 11) is 0. The minimum Gasteiger partial charge on any atom is -0.335 e. The second-order valence-electron chi connectivity index (χ2n) is 4.82. The monoisotopic (exact) mass is 224 g/mol. The van der Waals surface area contributed by atoms with Gasteiger partial charge in [0.25, 0.3) is 0 Å². The van der Waals surface area contributed by atoms with Gasteiger partial charge in [0.2, 0.25) is 0 Å². The van der Waals surface area contributed by atoms with Crippen LogP contribution in [0.1, 0.15) is 46.0 Å². The van der Waals surface area contributed by atoms with Crippen LogP contribution in [0.4, 0.5) is 4.79 Å². The van der Waals surface area contributed by atoms with E-state index in [1.165, 1.54) is 19.3 Å². The average molecular weight is 224 g/mol. The van der Waals surface area contributed by atoms with Crippen molar-refractivity contribution in [2.45, 2.75) is 58.0 Å². The van der Waals surface area contributed by atoms with Crippen LogP contribution < -0.4 is 5.32 Å². The molecular weight excluding hydrogens is 200 g/mol. The molecule has 1 saturated carbocycles. The maximum atomic E-state index is 12.0. The lowest BCUT2D eigenvalue weighted by molar-refractivity contribution is 0.183. The van der Waals surface area contributed by atoms with Crippen LogP contribution in [0.3, 0.4) is 0 Å². The number of nitrogens with zero attached hydrogens (tertiary/aromatic N) is 1. The fourth-order valence-electron chi connectivity index (χ4n) is 2.17. The van der Waals surface area contributed by atoms with Crippen molar-refractivity contribution in [2.24, 2.45) is 0 Å². The first-order valence-electron chi connectivity index (χ1n) is 6.33. The van der Waals surface area contributed by atoms with E-state index in [-0.39, 0.29) is 12.1 Å². The Hall–Kier alpha value is -0.990. The van der Waals surface area contributed by atoms with Crippen LogP contribution in [-0.2, 0) is 0 Å². The highest BCUT2D eigenvalue weighted by Crippen LogP contribution is 2.17. The van der Waals surface area contributed by atoms with Crippen molar-refractivity contribution in [1.82, 2.24) is 10.2 Å². The molecular formula is C13H24N2O. The first-order chi connectivity index (χ1) is 7.65. The molecule has 0 bridgehead atoms. The summed E-state index contributed by atoms with van der Waals surface area (Å²) in [6.07, 6.45) is 7.84. The largest absolute Gasteiger partial charge is 0.335 e. The quantitative estimate of drug-likeness (QED) is 0.732. The zero-order valence-corrected chi connectivity index (χ0v) is 10.5. The Bertz CT molecular complexity index is 232. The molecule has 92 valence electrons. The van der Waals surface area contributed by atoms with Gasteiger partial charge in [-0.3, -0.25) is 0 Å². The Labute approximate surface area is 98.9 Å². The predicted molar refractivity (Wildman–Crippen MR) is 67.4 cm³/mol. The zero-order valence-electron chi connectivity index (χ0n) is 10.5. The van der Waals surface area contributed by atoms with Gasteiger partial charge >= 0.3 is 6.03 Å². The normalized spacial score (nSPS) is 17.2. The Kier molecular flexibility index (Phi) is 5.36. The van der Waals surface area contributed by atoms with E-state index in [4.69, 9.17) is 0 Å². The van der Waals surface area contributed by atoms with Gasteiger partial charge in [-0.05, 0) is 26.7 Å². The van der Waals surface area contributed by atoms with Gasteiger partial charge in [-0.15, -0.1) is 6.58 Å². The molecule has 3 nitrogen and oxygen atoms in total. The van der Waals surface area contributed by atoms with Gasteiger partial charge in [-0.25, -0.2) is 4.79 Å². The lowest BCUT2D eigenvalue weighted by Crippen LogP contribution is -2.48. The van der Waals surface area contributed by atoms with E-state index in [0.717, 1.165) is 12.8 Å². The average Bonchev–Trinajstić information content (AvgIpc) is 2.26. The molecule has 1 rings (SSSR count). The fourth-order valence-corrected chi connectivity index (χ4v) is 2.17.